The first kappa shape index (κ1) is 17.5. The Labute approximate surface area is 133 Å². The fourth-order valence-corrected chi connectivity index (χ4v) is 1.78. The number of rotatable bonds is 4. The van der Waals surface area contributed by atoms with E-state index in [9.17, 15) is 27.2 Å². The molecule has 2 rings (SSSR count). The van der Waals surface area contributed by atoms with Crippen LogP contribution in [-0.2, 0) is 11.0 Å². The first-order chi connectivity index (χ1) is 11.2. The van der Waals surface area contributed by atoms with E-state index >= 15 is 0 Å². The molecule has 0 spiro atoms. The number of anilines is 1. The molecule has 1 heterocycles. The van der Waals surface area contributed by atoms with Crippen LogP contribution in [0.25, 0.3) is 0 Å². The summed E-state index contributed by atoms with van der Waals surface area (Å²) in [5.74, 6) is -2.51. The molecule has 0 aliphatic heterocycles. The summed E-state index contributed by atoms with van der Waals surface area (Å²) in [6.45, 7) is 1.30. The van der Waals surface area contributed by atoms with E-state index in [4.69, 9.17) is 4.42 Å². The molecule has 1 atom stereocenters. The van der Waals surface area contributed by atoms with E-state index in [1.54, 1.807) is 0 Å². The smallest absolute Gasteiger partial charge is 0.416 e. The fourth-order valence-electron chi connectivity index (χ4n) is 1.78. The van der Waals surface area contributed by atoms with Crippen LogP contribution < -0.4 is 10.6 Å². The van der Waals surface area contributed by atoms with Gasteiger partial charge in [-0.15, -0.1) is 0 Å². The van der Waals surface area contributed by atoms with Gasteiger partial charge in [0.15, 0.2) is 0 Å². The van der Waals surface area contributed by atoms with Crippen molar-refractivity contribution in [2.24, 2.45) is 0 Å². The number of hydrogen-bond acceptors (Lipinski definition) is 3. The monoisotopic (exact) mass is 344 g/mol. The molecule has 2 amide bonds. The zero-order chi connectivity index (χ0) is 17.9. The Morgan fingerprint density at radius 2 is 1.92 bits per heavy atom. The predicted octanol–water partition coefficient (Wildman–Crippen LogP) is 3.19. The van der Waals surface area contributed by atoms with Gasteiger partial charge in [-0.3, -0.25) is 9.59 Å². The summed E-state index contributed by atoms with van der Waals surface area (Å²) in [5, 5.41) is 4.33. The van der Waals surface area contributed by atoms with Gasteiger partial charge in [-0.2, -0.15) is 13.2 Å². The molecule has 0 bridgehead atoms. The van der Waals surface area contributed by atoms with Crippen LogP contribution in [0.1, 0.15) is 22.8 Å². The molecule has 0 radical (unpaired) electrons. The summed E-state index contributed by atoms with van der Waals surface area (Å²) in [6.07, 6.45) is -2.25. The molecule has 1 unspecified atom stereocenters. The van der Waals surface area contributed by atoms with E-state index < -0.39 is 41.1 Å². The van der Waals surface area contributed by atoms with E-state index in [2.05, 4.69) is 5.32 Å². The number of hydrogen-bond donors (Lipinski definition) is 2. The molecule has 24 heavy (non-hydrogen) atoms. The van der Waals surface area contributed by atoms with Crippen molar-refractivity contribution in [3.05, 3.63) is 53.7 Å². The summed E-state index contributed by atoms with van der Waals surface area (Å²) in [5.41, 5.74) is -1.56. The molecule has 9 heteroatoms. The van der Waals surface area contributed by atoms with Gasteiger partial charge in [0, 0.05) is 0 Å². The minimum absolute atomic E-state index is 0.167. The molecule has 2 aromatic rings. The van der Waals surface area contributed by atoms with E-state index in [1.165, 1.54) is 19.3 Å². The van der Waals surface area contributed by atoms with E-state index in [0.29, 0.717) is 18.2 Å². The van der Waals surface area contributed by atoms with Crippen molar-refractivity contribution >= 4 is 17.5 Å². The van der Waals surface area contributed by atoms with Crippen molar-refractivity contribution in [2.75, 3.05) is 5.32 Å². The molecule has 0 aliphatic carbocycles. The third kappa shape index (κ3) is 4.12. The van der Waals surface area contributed by atoms with Crippen LogP contribution in [0.15, 0.2) is 41.2 Å². The summed E-state index contributed by atoms with van der Waals surface area (Å²) in [6, 6.07) is 1.91. The Morgan fingerprint density at radius 1 is 1.21 bits per heavy atom. The summed E-state index contributed by atoms with van der Waals surface area (Å²) < 4.78 is 56.2. The number of amides is 2. The standard InChI is InChI=1S/C15H12F4N2O3/c1-8(20-14(23)9-4-5-24-7-9)13(22)21-12-6-10(15(17,18)19)2-3-11(12)16/h2-8H,1H3,(H,20,23)(H,21,22). The minimum Gasteiger partial charge on any atom is -0.472 e. The van der Waals surface area contributed by atoms with Crippen LogP contribution in [0.3, 0.4) is 0 Å². The lowest BCUT2D eigenvalue weighted by Crippen LogP contribution is -2.41. The average molecular weight is 344 g/mol. The number of carbonyl (C=O) groups excluding carboxylic acids is 2. The second kappa shape index (κ2) is 6.73. The first-order valence-electron chi connectivity index (χ1n) is 6.69. The molecular formula is C15H12F4N2O3. The lowest BCUT2D eigenvalue weighted by atomic mass is 10.1. The van der Waals surface area contributed by atoms with E-state index in [0.717, 1.165) is 6.26 Å². The van der Waals surface area contributed by atoms with E-state index in [-0.39, 0.29) is 5.56 Å². The molecule has 1 aromatic carbocycles. The maximum absolute atomic E-state index is 13.6. The van der Waals surface area contributed by atoms with Gasteiger partial charge < -0.3 is 15.1 Å². The van der Waals surface area contributed by atoms with Gasteiger partial charge in [-0.1, -0.05) is 0 Å². The Morgan fingerprint density at radius 3 is 2.50 bits per heavy atom. The van der Waals surface area contributed by atoms with Crippen molar-refractivity contribution in [3.8, 4) is 0 Å². The van der Waals surface area contributed by atoms with Gasteiger partial charge >= 0.3 is 6.18 Å². The van der Waals surface area contributed by atoms with Crippen molar-refractivity contribution in [3.63, 3.8) is 0 Å². The second-order valence-electron chi connectivity index (χ2n) is 4.89. The maximum atomic E-state index is 13.6. The van der Waals surface area contributed by atoms with Gasteiger partial charge in [0.1, 0.15) is 18.1 Å². The Balaban J connectivity index is 2.07. The molecule has 0 saturated carbocycles. The highest BCUT2D eigenvalue weighted by atomic mass is 19.4. The molecule has 0 saturated heterocycles. The fraction of sp³-hybridized carbons (Fsp3) is 0.200. The summed E-state index contributed by atoms with van der Waals surface area (Å²) in [4.78, 5) is 23.7. The number of benzene rings is 1. The van der Waals surface area contributed by atoms with Crippen LogP contribution in [0, 0.1) is 5.82 Å². The maximum Gasteiger partial charge on any atom is 0.416 e. The van der Waals surface area contributed by atoms with Crippen LogP contribution in [0.4, 0.5) is 23.2 Å². The van der Waals surface area contributed by atoms with Crippen LogP contribution in [0.5, 0.6) is 0 Å². The molecule has 0 aliphatic rings. The highest BCUT2D eigenvalue weighted by Crippen LogP contribution is 2.31. The Bertz CT molecular complexity index is 742. The molecule has 1 aromatic heterocycles. The van der Waals surface area contributed by atoms with Gasteiger partial charge in [0.05, 0.1) is 23.1 Å². The van der Waals surface area contributed by atoms with E-state index in [1.807, 2.05) is 5.32 Å². The normalized spacial score (nSPS) is 12.5. The van der Waals surface area contributed by atoms with Gasteiger partial charge in [-0.05, 0) is 31.2 Å². The lowest BCUT2D eigenvalue weighted by Gasteiger charge is -2.15. The van der Waals surface area contributed by atoms with Gasteiger partial charge in [0.2, 0.25) is 5.91 Å². The number of alkyl halides is 3. The third-order valence-electron chi connectivity index (χ3n) is 3.08. The Kier molecular flexibility index (Phi) is 4.91. The second-order valence-corrected chi connectivity index (χ2v) is 4.89. The zero-order valence-electron chi connectivity index (χ0n) is 12.3. The molecular weight excluding hydrogens is 332 g/mol. The topological polar surface area (TPSA) is 71.3 Å². The first-order valence-corrected chi connectivity index (χ1v) is 6.69. The Hall–Kier alpha value is -2.84. The van der Waals surface area contributed by atoms with Crippen molar-refractivity contribution < 1.29 is 31.6 Å². The SMILES string of the molecule is CC(NC(=O)c1ccoc1)C(=O)Nc1cc(C(F)(F)F)ccc1F. The average Bonchev–Trinajstić information content (AvgIpc) is 3.02. The van der Waals surface area contributed by atoms with Crippen molar-refractivity contribution in [1.82, 2.24) is 5.32 Å². The molecule has 2 N–H and O–H groups in total. The molecule has 0 fully saturated rings. The minimum atomic E-state index is -4.67. The van der Waals surface area contributed by atoms with Crippen LogP contribution in [0.2, 0.25) is 0 Å². The van der Waals surface area contributed by atoms with Crippen molar-refractivity contribution in [1.29, 1.82) is 0 Å². The number of furan rings is 1. The van der Waals surface area contributed by atoms with Gasteiger partial charge in [-0.25, -0.2) is 4.39 Å². The third-order valence-corrected chi connectivity index (χ3v) is 3.08. The zero-order valence-corrected chi connectivity index (χ0v) is 12.3. The quantitative estimate of drug-likeness (QED) is 0.837. The largest absolute Gasteiger partial charge is 0.472 e. The highest BCUT2D eigenvalue weighted by molar-refractivity contribution is 6.00. The molecule has 5 nitrogen and oxygen atoms in total. The van der Waals surface area contributed by atoms with Crippen molar-refractivity contribution in [2.45, 2.75) is 19.1 Å². The summed E-state index contributed by atoms with van der Waals surface area (Å²) >= 11 is 0. The highest BCUT2D eigenvalue weighted by Gasteiger charge is 2.31. The predicted molar refractivity (Wildman–Crippen MR) is 75.7 cm³/mol. The van der Waals surface area contributed by atoms with Crippen LogP contribution in [-0.4, -0.2) is 17.9 Å². The van der Waals surface area contributed by atoms with Crippen LogP contribution >= 0.6 is 0 Å². The lowest BCUT2D eigenvalue weighted by molar-refractivity contribution is -0.137. The van der Waals surface area contributed by atoms with Gasteiger partial charge in [0.25, 0.3) is 5.91 Å². The number of nitrogens with one attached hydrogen (secondary N) is 2. The molecule has 128 valence electrons. The number of halogens is 4. The number of carbonyl (C=O) groups is 2. The summed E-state index contributed by atoms with van der Waals surface area (Å²) in [7, 11) is 0.